The van der Waals surface area contributed by atoms with Crippen LogP contribution in [0.4, 0.5) is 4.79 Å². The summed E-state index contributed by atoms with van der Waals surface area (Å²) in [5.41, 5.74) is 4.37. The fraction of sp³-hybridized carbons (Fsp3) is 0.475. The van der Waals surface area contributed by atoms with Crippen molar-refractivity contribution in [2.75, 3.05) is 32.7 Å². The number of hydrogen-bond donors (Lipinski definition) is 2. The molecule has 3 amide bonds. The van der Waals surface area contributed by atoms with Gasteiger partial charge in [0, 0.05) is 31.1 Å². The predicted octanol–water partition coefficient (Wildman–Crippen LogP) is 4.84. The zero-order chi connectivity index (χ0) is 35.2. The van der Waals surface area contributed by atoms with E-state index in [9.17, 15) is 19.5 Å². The number of alkyl carbamates (subject to hydrolysis) is 1. The third-order valence-electron chi connectivity index (χ3n) is 10.6. The normalized spacial score (nSPS) is 25.8. The number of nitrogens with one attached hydrogen (secondary N) is 1. The second kappa shape index (κ2) is 16.5. The Morgan fingerprint density at radius 2 is 1.55 bits per heavy atom. The average molecular weight is 697 g/mol. The molecular formula is C40H48N4O7. The number of benzene rings is 3. The van der Waals surface area contributed by atoms with Crippen LogP contribution in [0, 0.1) is 0 Å². The number of carbonyl (C=O) groups excluding carboxylic acids is 3. The van der Waals surface area contributed by atoms with Crippen molar-refractivity contribution in [3.8, 4) is 0 Å². The van der Waals surface area contributed by atoms with Crippen LogP contribution in [-0.2, 0) is 43.6 Å². The summed E-state index contributed by atoms with van der Waals surface area (Å²) in [7, 11) is 0. The molecule has 11 nitrogen and oxygen atoms in total. The highest BCUT2D eigenvalue weighted by molar-refractivity contribution is 6.06. The van der Waals surface area contributed by atoms with Gasteiger partial charge in [-0.15, -0.1) is 0 Å². The molecule has 4 heterocycles. The third-order valence-corrected chi connectivity index (χ3v) is 10.6. The van der Waals surface area contributed by atoms with Crippen molar-refractivity contribution in [1.82, 2.24) is 20.0 Å². The van der Waals surface area contributed by atoms with Crippen LogP contribution < -0.4 is 5.32 Å². The van der Waals surface area contributed by atoms with Crippen molar-refractivity contribution in [2.45, 2.75) is 88.9 Å². The quantitative estimate of drug-likeness (QED) is 0.257. The molecule has 3 aromatic rings. The Labute approximate surface area is 299 Å². The van der Waals surface area contributed by atoms with E-state index in [4.69, 9.17) is 14.2 Å². The van der Waals surface area contributed by atoms with Crippen LogP contribution >= 0.6 is 0 Å². The molecule has 4 saturated heterocycles. The Kier molecular flexibility index (Phi) is 11.4. The van der Waals surface area contributed by atoms with Gasteiger partial charge in [0.2, 0.25) is 5.91 Å². The Hall–Kier alpha value is -4.13. The van der Waals surface area contributed by atoms with Crippen molar-refractivity contribution in [1.29, 1.82) is 0 Å². The maximum Gasteiger partial charge on any atom is 0.408 e. The van der Waals surface area contributed by atoms with Gasteiger partial charge in [-0.1, -0.05) is 78.9 Å². The van der Waals surface area contributed by atoms with E-state index >= 15 is 0 Å². The fourth-order valence-corrected chi connectivity index (χ4v) is 7.73. The van der Waals surface area contributed by atoms with E-state index in [1.165, 1.54) is 43.7 Å². The smallest absolute Gasteiger partial charge is 0.408 e. The second-order valence-electron chi connectivity index (χ2n) is 14.2. The molecular weight excluding hydrogens is 648 g/mol. The summed E-state index contributed by atoms with van der Waals surface area (Å²) in [5.74, 6) is -0.804. The minimum Gasteiger partial charge on any atom is -0.445 e. The van der Waals surface area contributed by atoms with Crippen LogP contribution in [0.5, 0.6) is 0 Å². The Bertz CT molecular complexity index is 1630. The maximum absolute atomic E-state index is 13.1. The van der Waals surface area contributed by atoms with Gasteiger partial charge in [0.05, 0.1) is 31.8 Å². The summed E-state index contributed by atoms with van der Waals surface area (Å²) >= 11 is 0. The number of aliphatic hydroxyl groups is 1. The lowest BCUT2D eigenvalue weighted by molar-refractivity contribution is -0.253. The zero-order valence-corrected chi connectivity index (χ0v) is 29.0. The standard InChI is InChI=1S/C40H48N4O7/c45-26-29-12-14-31(15-13-29)36-21-34(25-43-20-6-9-33(43)24-42-18-4-5-19-42)50-39(51-36)32-16-10-28(11-17-32)23-44-37(46)22-35(38(44)47)41-40(48)49-27-30-7-2-1-3-8-30/h1-3,7-8,10-17,33-36,39,45H,4-6,9,18-27H2,(H,41,48)/t33-,34-,35?,36+,39+/m0/s1. The highest BCUT2D eigenvalue weighted by atomic mass is 16.7. The summed E-state index contributed by atoms with van der Waals surface area (Å²) in [6.45, 7) is 5.60. The Morgan fingerprint density at radius 3 is 2.29 bits per heavy atom. The monoisotopic (exact) mass is 696 g/mol. The molecule has 4 fully saturated rings. The van der Waals surface area contributed by atoms with Gasteiger partial charge in [-0.05, 0) is 67.6 Å². The summed E-state index contributed by atoms with van der Waals surface area (Å²) in [6, 6.07) is 24.4. The average Bonchev–Trinajstić information content (AvgIpc) is 3.90. The van der Waals surface area contributed by atoms with Crippen LogP contribution in [0.25, 0.3) is 0 Å². The highest BCUT2D eigenvalue weighted by Gasteiger charge is 2.40. The van der Waals surface area contributed by atoms with E-state index in [-0.39, 0.29) is 44.3 Å². The number of aliphatic hydroxyl groups excluding tert-OH is 1. The lowest BCUT2D eigenvalue weighted by atomic mass is 9.99. The molecule has 0 bridgehead atoms. The van der Waals surface area contributed by atoms with E-state index < -0.39 is 24.3 Å². The molecule has 51 heavy (non-hydrogen) atoms. The number of imide groups is 1. The Balaban J connectivity index is 0.987. The minimum atomic E-state index is -0.963. The van der Waals surface area contributed by atoms with Crippen LogP contribution in [0.2, 0.25) is 0 Å². The molecule has 7 rings (SSSR count). The van der Waals surface area contributed by atoms with Gasteiger partial charge in [0.15, 0.2) is 6.29 Å². The van der Waals surface area contributed by atoms with Gasteiger partial charge in [0.1, 0.15) is 12.6 Å². The predicted molar refractivity (Wildman–Crippen MR) is 189 cm³/mol. The van der Waals surface area contributed by atoms with Gasteiger partial charge < -0.3 is 29.5 Å². The fourth-order valence-electron chi connectivity index (χ4n) is 7.73. The molecule has 11 heteroatoms. The molecule has 0 spiro atoms. The lowest BCUT2D eigenvalue weighted by Crippen LogP contribution is -2.45. The minimum absolute atomic E-state index is 0.00698. The molecule has 0 aliphatic carbocycles. The molecule has 0 saturated carbocycles. The van der Waals surface area contributed by atoms with E-state index in [1.807, 2.05) is 78.9 Å². The molecule has 4 aliphatic heterocycles. The first kappa shape index (κ1) is 35.3. The van der Waals surface area contributed by atoms with Crippen molar-refractivity contribution < 1.29 is 33.7 Å². The molecule has 3 aromatic carbocycles. The number of carbonyl (C=O) groups is 3. The summed E-state index contributed by atoms with van der Waals surface area (Å²) in [5, 5.41) is 12.1. The molecule has 1 unspecified atom stereocenters. The van der Waals surface area contributed by atoms with Gasteiger partial charge >= 0.3 is 6.09 Å². The molecule has 4 aliphatic rings. The summed E-state index contributed by atoms with van der Waals surface area (Å²) < 4.78 is 18.5. The van der Waals surface area contributed by atoms with Gasteiger partial charge in [-0.25, -0.2) is 4.79 Å². The molecule has 5 atom stereocenters. The van der Waals surface area contributed by atoms with Crippen LogP contribution in [0.15, 0.2) is 78.9 Å². The number of hydrogen-bond acceptors (Lipinski definition) is 9. The number of likely N-dealkylation sites (tertiary alicyclic amines) is 3. The van der Waals surface area contributed by atoms with Crippen LogP contribution in [0.3, 0.4) is 0 Å². The van der Waals surface area contributed by atoms with Crippen molar-refractivity contribution in [2.24, 2.45) is 0 Å². The van der Waals surface area contributed by atoms with Gasteiger partial charge in [-0.2, -0.15) is 0 Å². The number of amides is 3. The Morgan fingerprint density at radius 1 is 0.824 bits per heavy atom. The van der Waals surface area contributed by atoms with E-state index in [0.29, 0.717) is 6.04 Å². The van der Waals surface area contributed by atoms with Crippen molar-refractivity contribution in [3.63, 3.8) is 0 Å². The molecule has 270 valence electrons. The first-order chi connectivity index (χ1) is 24.9. The SMILES string of the molecule is O=C(NC1CC(=O)N(Cc2ccc([C@@H]3O[C@H](CN4CCC[C@H]4CN4CCCC4)C[C@H](c4ccc(CO)cc4)O3)cc2)C1=O)OCc1ccccc1. The van der Waals surface area contributed by atoms with E-state index in [0.717, 1.165) is 53.9 Å². The lowest BCUT2D eigenvalue weighted by Gasteiger charge is -2.39. The van der Waals surface area contributed by atoms with E-state index in [1.54, 1.807) is 0 Å². The summed E-state index contributed by atoms with van der Waals surface area (Å²) in [6.07, 6.45) is 4.08. The first-order valence-electron chi connectivity index (χ1n) is 18.3. The molecule has 2 N–H and O–H groups in total. The topological polar surface area (TPSA) is 121 Å². The maximum atomic E-state index is 13.1. The van der Waals surface area contributed by atoms with Crippen LogP contribution in [-0.4, -0.2) is 88.6 Å². The van der Waals surface area contributed by atoms with Crippen molar-refractivity contribution in [3.05, 3.63) is 107 Å². The van der Waals surface area contributed by atoms with Gasteiger partial charge in [0.25, 0.3) is 5.91 Å². The highest BCUT2D eigenvalue weighted by Crippen LogP contribution is 2.39. The largest absolute Gasteiger partial charge is 0.445 e. The van der Waals surface area contributed by atoms with Gasteiger partial charge in [-0.3, -0.25) is 19.4 Å². The molecule has 0 radical (unpaired) electrons. The number of rotatable bonds is 12. The van der Waals surface area contributed by atoms with Crippen molar-refractivity contribution >= 4 is 17.9 Å². The first-order valence-corrected chi connectivity index (χ1v) is 18.3. The number of nitrogens with zero attached hydrogens (tertiary/aromatic N) is 3. The summed E-state index contributed by atoms with van der Waals surface area (Å²) in [4.78, 5) is 44.7. The second-order valence-corrected chi connectivity index (χ2v) is 14.2. The number of ether oxygens (including phenoxy) is 3. The molecule has 0 aromatic heterocycles. The van der Waals surface area contributed by atoms with Crippen LogP contribution in [0.1, 0.15) is 78.7 Å². The zero-order valence-electron chi connectivity index (χ0n) is 29.0. The third kappa shape index (κ3) is 8.85. The van der Waals surface area contributed by atoms with E-state index in [2.05, 4.69) is 15.1 Å².